The van der Waals surface area contributed by atoms with Gasteiger partial charge in [-0.3, -0.25) is 4.79 Å². The Hall–Kier alpha value is -3.16. The number of carbonyl (C=O) groups excluding carboxylic acids is 1. The largest absolute Gasteiger partial charge is 0.497 e. The highest BCUT2D eigenvalue weighted by molar-refractivity contribution is 5.93. The van der Waals surface area contributed by atoms with Crippen molar-refractivity contribution in [2.24, 2.45) is 5.92 Å². The lowest BCUT2D eigenvalue weighted by atomic mass is 9.96. The number of anilines is 2. The fourth-order valence-corrected chi connectivity index (χ4v) is 3.45. The number of nitrogens with zero attached hydrogens (tertiary/aromatic N) is 4. The lowest BCUT2D eigenvalue weighted by Crippen LogP contribution is -2.41. The molecule has 1 amide bonds. The van der Waals surface area contributed by atoms with Crippen molar-refractivity contribution in [1.82, 2.24) is 15.1 Å². The fraction of sp³-hybridized carbons (Fsp3) is 0.368. The first kappa shape index (κ1) is 17.3. The van der Waals surface area contributed by atoms with Crippen LogP contribution >= 0.6 is 0 Å². The molecule has 1 aromatic carbocycles. The Balaban J connectivity index is 1.50. The third-order valence-corrected chi connectivity index (χ3v) is 4.87. The summed E-state index contributed by atoms with van der Waals surface area (Å²) >= 11 is 0. The monoisotopic (exact) mass is 367 g/mol. The molecule has 0 radical (unpaired) electrons. The van der Waals surface area contributed by atoms with E-state index in [0.29, 0.717) is 12.3 Å². The predicted octanol–water partition coefficient (Wildman–Crippen LogP) is 2.79. The molecule has 140 valence electrons. The summed E-state index contributed by atoms with van der Waals surface area (Å²) < 4.78 is 10.4. The number of methoxy groups -OCH3 is 1. The van der Waals surface area contributed by atoms with E-state index in [1.165, 1.54) is 6.33 Å². The van der Waals surface area contributed by atoms with Gasteiger partial charge in [0.15, 0.2) is 0 Å². The summed E-state index contributed by atoms with van der Waals surface area (Å²) in [6, 6.07) is 7.34. The fourth-order valence-electron chi connectivity index (χ4n) is 3.45. The zero-order chi connectivity index (χ0) is 18.8. The number of aryl methyl sites for hydroxylation is 1. The quantitative estimate of drug-likeness (QED) is 0.758. The zero-order valence-corrected chi connectivity index (χ0v) is 15.3. The lowest BCUT2D eigenvalue weighted by molar-refractivity contribution is -0.120. The second-order valence-electron chi connectivity index (χ2n) is 6.65. The van der Waals surface area contributed by atoms with Crippen molar-refractivity contribution in [3.05, 3.63) is 36.3 Å². The highest BCUT2D eigenvalue weighted by Gasteiger charge is 2.28. The Morgan fingerprint density at radius 1 is 1.30 bits per heavy atom. The van der Waals surface area contributed by atoms with Crippen molar-refractivity contribution in [2.45, 2.75) is 19.8 Å². The Kier molecular flexibility index (Phi) is 4.62. The predicted molar refractivity (Wildman–Crippen MR) is 101 cm³/mol. The summed E-state index contributed by atoms with van der Waals surface area (Å²) in [5.74, 6) is 1.43. The average molecular weight is 367 g/mol. The van der Waals surface area contributed by atoms with Crippen molar-refractivity contribution in [3.8, 4) is 5.75 Å². The van der Waals surface area contributed by atoms with E-state index in [9.17, 15) is 4.79 Å². The lowest BCUT2D eigenvalue weighted by Gasteiger charge is -2.33. The topological polar surface area (TPSA) is 93.4 Å². The molecule has 4 rings (SSSR count). The minimum Gasteiger partial charge on any atom is -0.497 e. The van der Waals surface area contributed by atoms with Crippen LogP contribution in [0.3, 0.4) is 0 Å². The van der Waals surface area contributed by atoms with Crippen LogP contribution in [-0.4, -0.2) is 41.2 Å². The molecule has 1 atom stereocenters. The number of carbonyl (C=O) groups is 1. The van der Waals surface area contributed by atoms with E-state index in [4.69, 9.17) is 9.26 Å². The molecule has 2 aromatic heterocycles. The summed E-state index contributed by atoms with van der Waals surface area (Å²) in [7, 11) is 1.62. The van der Waals surface area contributed by atoms with Gasteiger partial charge in [0, 0.05) is 18.8 Å². The Morgan fingerprint density at radius 3 is 2.89 bits per heavy atom. The molecule has 1 saturated heterocycles. The van der Waals surface area contributed by atoms with Gasteiger partial charge < -0.3 is 19.5 Å². The SMILES string of the molecule is COc1ccc(NC(=O)[C@H]2CCCN(c3ncnc4onc(C)c34)C2)cc1. The second kappa shape index (κ2) is 7.22. The summed E-state index contributed by atoms with van der Waals surface area (Å²) in [5.41, 5.74) is 1.99. The summed E-state index contributed by atoms with van der Waals surface area (Å²) in [5, 5.41) is 7.79. The van der Waals surface area contributed by atoms with Crippen molar-refractivity contribution in [3.63, 3.8) is 0 Å². The van der Waals surface area contributed by atoms with Gasteiger partial charge in [-0.05, 0) is 44.0 Å². The van der Waals surface area contributed by atoms with Gasteiger partial charge in [0.25, 0.3) is 5.71 Å². The number of benzene rings is 1. The summed E-state index contributed by atoms with van der Waals surface area (Å²) in [6.07, 6.45) is 3.23. The number of hydrogen-bond donors (Lipinski definition) is 1. The number of hydrogen-bond acceptors (Lipinski definition) is 7. The first-order valence-electron chi connectivity index (χ1n) is 8.92. The van der Waals surface area contributed by atoms with E-state index in [1.54, 1.807) is 7.11 Å². The Labute approximate surface area is 156 Å². The standard InChI is InChI=1S/C19H21N5O3/c1-12-16-17(20-11-21-19(16)27-23-12)24-9-3-4-13(10-24)18(25)22-14-5-7-15(26-2)8-6-14/h5-8,11,13H,3-4,9-10H2,1-2H3,(H,22,25)/t13-/m0/s1. The number of piperidine rings is 1. The van der Waals surface area contributed by atoms with Crippen LogP contribution in [0.15, 0.2) is 35.1 Å². The number of amides is 1. The molecule has 0 aliphatic carbocycles. The summed E-state index contributed by atoms with van der Waals surface area (Å²) in [6.45, 7) is 3.30. The van der Waals surface area contributed by atoms with Gasteiger partial charge in [-0.25, -0.2) is 4.98 Å². The molecule has 1 fully saturated rings. The molecule has 0 saturated carbocycles. The average Bonchev–Trinajstić information content (AvgIpc) is 3.10. The molecule has 1 aliphatic heterocycles. The number of fused-ring (bicyclic) bond motifs is 1. The van der Waals surface area contributed by atoms with E-state index < -0.39 is 0 Å². The van der Waals surface area contributed by atoms with Crippen LogP contribution in [0.4, 0.5) is 11.5 Å². The zero-order valence-electron chi connectivity index (χ0n) is 15.3. The third kappa shape index (κ3) is 3.42. The molecule has 8 nitrogen and oxygen atoms in total. The van der Waals surface area contributed by atoms with Crippen LogP contribution in [0, 0.1) is 12.8 Å². The molecular formula is C19H21N5O3. The molecule has 0 unspecified atom stereocenters. The van der Waals surface area contributed by atoms with Crippen LogP contribution in [0.25, 0.3) is 11.1 Å². The van der Waals surface area contributed by atoms with Crippen LogP contribution < -0.4 is 15.0 Å². The maximum atomic E-state index is 12.7. The minimum atomic E-state index is -0.119. The molecular weight excluding hydrogens is 346 g/mol. The number of aromatic nitrogens is 3. The molecule has 3 aromatic rings. The van der Waals surface area contributed by atoms with Gasteiger partial charge in [0.2, 0.25) is 5.91 Å². The normalized spacial score (nSPS) is 17.1. The second-order valence-corrected chi connectivity index (χ2v) is 6.65. The van der Waals surface area contributed by atoms with Crippen molar-refractivity contribution < 1.29 is 14.1 Å². The number of ether oxygens (including phenoxy) is 1. The van der Waals surface area contributed by atoms with E-state index in [0.717, 1.165) is 47.7 Å². The van der Waals surface area contributed by atoms with Gasteiger partial charge in [0.1, 0.15) is 23.3 Å². The molecule has 8 heteroatoms. The van der Waals surface area contributed by atoms with E-state index in [-0.39, 0.29) is 11.8 Å². The van der Waals surface area contributed by atoms with E-state index in [1.807, 2.05) is 31.2 Å². The Bertz CT molecular complexity index is 954. The molecule has 0 bridgehead atoms. The third-order valence-electron chi connectivity index (χ3n) is 4.87. The van der Waals surface area contributed by atoms with E-state index >= 15 is 0 Å². The van der Waals surface area contributed by atoms with Crippen LogP contribution in [0.1, 0.15) is 18.5 Å². The molecule has 0 spiro atoms. The van der Waals surface area contributed by atoms with Crippen molar-refractivity contribution >= 4 is 28.5 Å². The maximum absolute atomic E-state index is 12.7. The molecule has 1 N–H and O–H groups in total. The first-order valence-corrected chi connectivity index (χ1v) is 8.92. The van der Waals surface area contributed by atoms with Crippen LogP contribution in [0.5, 0.6) is 5.75 Å². The minimum absolute atomic E-state index is 0.0113. The van der Waals surface area contributed by atoms with Gasteiger partial charge in [-0.15, -0.1) is 0 Å². The highest BCUT2D eigenvalue weighted by Crippen LogP contribution is 2.30. The maximum Gasteiger partial charge on any atom is 0.263 e. The van der Waals surface area contributed by atoms with Gasteiger partial charge in [0.05, 0.1) is 18.7 Å². The van der Waals surface area contributed by atoms with Gasteiger partial charge in [-0.2, -0.15) is 4.98 Å². The van der Waals surface area contributed by atoms with Gasteiger partial charge >= 0.3 is 0 Å². The first-order chi connectivity index (χ1) is 13.2. The molecule has 27 heavy (non-hydrogen) atoms. The van der Waals surface area contributed by atoms with Crippen molar-refractivity contribution in [2.75, 3.05) is 30.4 Å². The smallest absolute Gasteiger partial charge is 0.263 e. The summed E-state index contributed by atoms with van der Waals surface area (Å²) in [4.78, 5) is 23.4. The van der Waals surface area contributed by atoms with Crippen LogP contribution in [0.2, 0.25) is 0 Å². The highest BCUT2D eigenvalue weighted by atomic mass is 16.5. The Morgan fingerprint density at radius 2 is 2.11 bits per heavy atom. The van der Waals surface area contributed by atoms with E-state index in [2.05, 4.69) is 25.3 Å². The molecule has 1 aliphatic rings. The molecule has 3 heterocycles. The van der Waals surface area contributed by atoms with Gasteiger partial charge in [-0.1, -0.05) is 5.16 Å². The van der Waals surface area contributed by atoms with Crippen molar-refractivity contribution in [1.29, 1.82) is 0 Å². The number of rotatable bonds is 4. The van der Waals surface area contributed by atoms with Crippen LogP contribution in [-0.2, 0) is 4.79 Å². The number of nitrogens with one attached hydrogen (secondary N) is 1.